The van der Waals surface area contributed by atoms with Crippen molar-refractivity contribution in [1.29, 1.82) is 5.26 Å². The molecule has 1 N–H and O–H groups in total. The monoisotopic (exact) mass is 231 g/mol. The first kappa shape index (κ1) is 11.9. The highest BCUT2D eigenvalue weighted by molar-refractivity contribution is 5.41. The largest absolute Gasteiger partial charge is 0.390 e. The van der Waals surface area contributed by atoms with Gasteiger partial charge in [-0.2, -0.15) is 5.26 Å². The van der Waals surface area contributed by atoms with Gasteiger partial charge in [-0.25, -0.2) is 4.98 Å². The fourth-order valence-electron chi connectivity index (χ4n) is 2.15. The summed E-state index contributed by atoms with van der Waals surface area (Å²) in [5, 5.41) is 18.8. The number of pyridine rings is 1. The van der Waals surface area contributed by atoms with Crippen LogP contribution in [0.2, 0.25) is 0 Å². The van der Waals surface area contributed by atoms with Crippen molar-refractivity contribution < 1.29 is 5.11 Å². The van der Waals surface area contributed by atoms with Crippen molar-refractivity contribution in [2.45, 2.75) is 31.8 Å². The van der Waals surface area contributed by atoms with E-state index in [1.165, 1.54) is 0 Å². The standard InChI is InChI=1S/C13H17N3O/c1-13(17)6-3-8-16(9-7-13)12-5-2-4-11(10-14)15-12/h2,4-5,17H,3,6-9H2,1H3. The average molecular weight is 231 g/mol. The maximum absolute atomic E-state index is 10.0. The summed E-state index contributed by atoms with van der Waals surface area (Å²) < 4.78 is 0. The molecule has 0 saturated carbocycles. The van der Waals surface area contributed by atoms with Gasteiger partial charge in [0, 0.05) is 13.1 Å². The summed E-state index contributed by atoms with van der Waals surface area (Å²) >= 11 is 0. The summed E-state index contributed by atoms with van der Waals surface area (Å²) in [4.78, 5) is 6.43. The summed E-state index contributed by atoms with van der Waals surface area (Å²) in [6, 6.07) is 7.53. The second-order valence-electron chi connectivity index (χ2n) is 4.83. The minimum absolute atomic E-state index is 0.443. The maximum atomic E-state index is 10.0. The molecule has 0 bridgehead atoms. The van der Waals surface area contributed by atoms with Crippen molar-refractivity contribution in [3.63, 3.8) is 0 Å². The molecule has 2 rings (SSSR count). The van der Waals surface area contributed by atoms with Crippen LogP contribution in [-0.2, 0) is 0 Å². The van der Waals surface area contributed by atoms with E-state index in [4.69, 9.17) is 5.26 Å². The topological polar surface area (TPSA) is 60.1 Å². The number of nitrogens with zero attached hydrogens (tertiary/aromatic N) is 3. The molecule has 1 aromatic heterocycles. The first-order chi connectivity index (χ1) is 8.11. The fourth-order valence-corrected chi connectivity index (χ4v) is 2.15. The number of nitriles is 1. The molecule has 1 saturated heterocycles. The minimum atomic E-state index is -0.568. The Morgan fingerprint density at radius 1 is 1.41 bits per heavy atom. The molecular formula is C13H17N3O. The summed E-state index contributed by atoms with van der Waals surface area (Å²) in [6.07, 6.45) is 2.51. The maximum Gasteiger partial charge on any atom is 0.142 e. The van der Waals surface area contributed by atoms with E-state index >= 15 is 0 Å². The zero-order valence-electron chi connectivity index (χ0n) is 10.1. The Hall–Kier alpha value is -1.60. The second-order valence-corrected chi connectivity index (χ2v) is 4.83. The van der Waals surface area contributed by atoms with Crippen LogP contribution in [-0.4, -0.2) is 28.8 Å². The van der Waals surface area contributed by atoms with Crippen LogP contribution >= 0.6 is 0 Å². The van der Waals surface area contributed by atoms with Crippen LogP contribution in [0.4, 0.5) is 5.82 Å². The second kappa shape index (κ2) is 4.72. The predicted molar refractivity (Wildman–Crippen MR) is 65.6 cm³/mol. The lowest BCUT2D eigenvalue weighted by Crippen LogP contribution is -2.28. The van der Waals surface area contributed by atoms with Gasteiger partial charge in [-0.15, -0.1) is 0 Å². The molecule has 0 amide bonds. The highest BCUT2D eigenvalue weighted by atomic mass is 16.3. The molecule has 1 aliphatic rings. The van der Waals surface area contributed by atoms with E-state index in [-0.39, 0.29) is 0 Å². The lowest BCUT2D eigenvalue weighted by Gasteiger charge is -2.23. The van der Waals surface area contributed by atoms with Gasteiger partial charge >= 0.3 is 0 Å². The molecule has 1 aliphatic heterocycles. The Kier molecular flexibility index (Phi) is 3.30. The van der Waals surface area contributed by atoms with Gasteiger partial charge in [-0.1, -0.05) is 6.07 Å². The van der Waals surface area contributed by atoms with Gasteiger partial charge in [-0.3, -0.25) is 0 Å². The number of anilines is 1. The number of aromatic nitrogens is 1. The van der Waals surface area contributed by atoms with Gasteiger partial charge in [-0.05, 0) is 38.3 Å². The van der Waals surface area contributed by atoms with Crippen LogP contribution in [0.3, 0.4) is 0 Å². The zero-order chi connectivity index (χ0) is 12.3. The number of hydrogen-bond acceptors (Lipinski definition) is 4. The molecule has 1 aromatic rings. The molecule has 0 aromatic carbocycles. The molecule has 4 heteroatoms. The van der Waals surface area contributed by atoms with Gasteiger partial charge in [0.25, 0.3) is 0 Å². The first-order valence-electron chi connectivity index (χ1n) is 5.95. The minimum Gasteiger partial charge on any atom is -0.390 e. The predicted octanol–water partition coefficient (Wildman–Crippen LogP) is 1.69. The summed E-state index contributed by atoms with van der Waals surface area (Å²) in [7, 11) is 0. The van der Waals surface area contributed by atoms with Crippen LogP contribution in [0.15, 0.2) is 18.2 Å². The number of hydrogen-bond donors (Lipinski definition) is 1. The van der Waals surface area contributed by atoms with Gasteiger partial charge < -0.3 is 10.0 Å². The first-order valence-corrected chi connectivity index (χ1v) is 5.95. The normalized spacial score (nSPS) is 25.1. The van der Waals surface area contributed by atoms with Gasteiger partial charge in [0.05, 0.1) is 5.60 Å². The number of aliphatic hydroxyl groups is 1. The molecule has 4 nitrogen and oxygen atoms in total. The molecular weight excluding hydrogens is 214 g/mol. The highest BCUT2D eigenvalue weighted by Gasteiger charge is 2.25. The molecule has 0 aliphatic carbocycles. The van der Waals surface area contributed by atoms with Crippen LogP contribution < -0.4 is 4.90 Å². The van der Waals surface area contributed by atoms with E-state index in [0.29, 0.717) is 5.69 Å². The van der Waals surface area contributed by atoms with E-state index in [1.54, 1.807) is 6.07 Å². The number of rotatable bonds is 1. The third-order valence-electron chi connectivity index (χ3n) is 3.24. The zero-order valence-corrected chi connectivity index (χ0v) is 10.1. The van der Waals surface area contributed by atoms with Crippen LogP contribution in [0.25, 0.3) is 0 Å². The molecule has 17 heavy (non-hydrogen) atoms. The lowest BCUT2D eigenvalue weighted by molar-refractivity contribution is 0.0481. The summed E-state index contributed by atoms with van der Waals surface area (Å²) in [5.74, 6) is 0.835. The van der Waals surface area contributed by atoms with E-state index in [2.05, 4.69) is 16.0 Å². The smallest absolute Gasteiger partial charge is 0.142 e. The third kappa shape index (κ3) is 2.95. The van der Waals surface area contributed by atoms with Crippen molar-refractivity contribution >= 4 is 5.82 Å². The highest BCUT2D eigenvalue weighted by Crippen LogP contribution is 2.24. The SMILES string of the molecule is CC1(O)CCCN(c2cccc(C#N)n2)CC1. The molecule has 1 fully saturated rings. The van der Waals surface area contributed by atoms with E-state index in [1.807, 2.05) is 19.1 Å². The Morgan fingerprint density at radius 2 is 2.24 bits per heavy atom. The van der Waals surface area contributed by atoms with Crippen molar-refractivity contribution in [3.8, 4) is 6.07 Å². The molecule has 1 atom stereocenters. The lowest BCUT2D eigenvalue weighted by atomic mass is 9.98. The van der Waals surface area contributed by atoms with Crippen LogP contribution in [0, 0.1) is 11.3 Å². The fraction of sp³-hybridized carbons (Fsp3) is 0.538. The van der Waals surface area contributed by atoms with Crippen molar-refractivity contribution in [2.75, 3.05) is 18.0 Å². The van der Waals surface area contributed by atoms with E-state index in [9.17, 15) is 5.11 Å². The van der Waals surface area contributed by atoms with Crippen LogP contribution in [0.1, 0.15) is 31.9 Å². The third-order valence-corrected chi connectivity index (χ3v) is 3.24. The quantitative estimate of drug-likeness (QED) is 0.799. The molecule has 0 radical (unpaired) electrons. The Morgan fingerprint density at radius 3 is 3.00 bits per heavy atom. The molecule has 0 spiro atoms. The van der Waals surface area contributed by atoms with Gasteiger partial charge in [0.1, 0.15) is 17.6 Å². The molecule has 1 unspecified atom stereocenters. The summed E-state index contributed by atoms with van der Waals surface area (Å²) in [5.41, 5.74) is -0.125. The van der Waals surface area contributed by atoms with Crippen LogP contribution in [0.5, 0.6) is 0 Å². The average Bonchev–Trinajstić information content (AvgIpc) is 2.50. The van der Waals surface area contributed by atoms with Gasteiger partial charge in [0.2, 0.25) is 0 Å². The van der Waals surface area contributed by atoms with E-state index in [0.717, 1.165) is 38.2 Å². The van der Waals surface area contributed by atoms with E-state index < -0.39 is 5.60 Å². The Bertz CT molecular complexity index is 437. The van der Waals surface area contributed by atoms with Crippen molar-refractivity contribution in [3.05, 3.63) is 23.9 Å². The van der Waals surface area contributed by atoms with Gasteiger partial charge in [0.15, 0.2) is 0 Å². The van der Waals surface area contributed by atoms with Crippen molar-refractivity contribution in [2.24, 2.45) is 0 Å². The molecule has 90 valence electrons. The molecule has 2 heterocycles. The summed E-state index contributed by atoms with van der Waals surface area (Å²) in [6.45, 7) is 3.56. The Labute approximate surface area is 102 Å². The Balaban J connectivity index is 2.14. The van der Waals surface area contributed by atoms with Crippen molar-refractivity contribution in [1.82, 2.24) is 4.98 Å².